The molecule has 0 radical (unpaired) electrons. The van der Waals surface area contributed by atoms with Crippen molar-refractivity contribution in [1.82, 2.24) is 15.6 Å². The van der Waals surface area contributed by atoms with Gasteiger partial charge in [-0.2, -0.15) is 0 Å². The molecule has 0 spiro atoms. The minimum absolute atomic E-state index is 0.0550. The van der Waals surface area contributed by atoms with Gasteiger partial charge in [0.05, 0.1) is 42.6 Å². The van der Waals surface area contributed by atoms with Crippen molar-refractivity contribution in [3.8, 4) is 0 Å². The summed E-state index contributed by atoms with van der Waals surface area (Å²) in [7, 11) is 0. The van der Waals surface area contributed by atoms with E-state index < -0.39 is 12.1 Å². The molecule has 0 aliphatic heterocycles. The fourth-order valence-corrected chi connectivity index (χ4v) is 3.12. The number of rotatable bonds is 8. The van der Waals surface area contributed by atoms with Gasteiger partial charge >= 0.3 is 0 Å². The van der Waals surface area contributed by atoms with Crippen molar-refractivity contribution in [3.63, 3.8) is 0 Å². The third-order valence-electron chi connectivity index (χ3n) is 4.30. The topological polar surface area (TPSA) is 121 Å². The monoisotopic (exact) mass is 385 g/mol. The lowest BCUT2D eigenvalue weighted by atomic mass is 9.83. The van der Waals surface area contributed by atoms with Gasteiger partial charge in [0.15, 0.2) is 0 Å². The summed E-state index contributed by atoms with van der Waals surface area (Å²) < 4.78 is 5.08. The van der Waals surface area contributed by atoms with Gasteiger partial charge in [0, 0.05) is 24.9 Å². The Morgan fingerprint density at radius 1 is 1.35 bits per heavy atom. The van der Waals surface area contributed by atoms with E-state index in [0.29, 0.717) is 31.6 Å². The summed E-state index contributed by atoms with van der Waals surface area (Å²) in [5.74, 6) is -0.815. The van der Waals surface area contributed by atoms with Crippen molar-refractivity contribution in [3.05, 3.63) is 29.0 Å². The van der Waals surface area contributed by atoms with Crippen LogP contribution in [0.4, 0.5) is 0 Å². The number of aliphatic hydroxyl groups excluding tert-OH is 2. The lowest BCUT2D eigenvalue weighted by molar-refractivity contribution is -0.127. The van der Waals surface area contributed by atoms with Crippen molar-refractivity contribution >= 4 is 23.4 Å². The molecule has 2 amide bonds. The van der Waals surface area contributed by atoms with Gasteiger partial charge in [-0.15, -0.1) is 0 Å². The molecular formula is C17H24ClN3O5. The molecule has 1 heterocycles. The van der Waals surface area contributed by atoms with E-state index in [1.165, 1.54) is 18.5 Å². The van der Waals surface area contributed by atoms with Gasteiger partial charge in [0.1, 0.15) is 0 Å². The van der Waals surface area contributed by atoms with Gasteiger partial charge in [0.25, 0.3) is 5.91 Å². The maximum Gasteiger partial charge on any atom is 0.253 e. The van der Waals surface area contributed by atoms with Crippen LogP contribution < -0.4 is 10.6 Å². The smallest absolute Gasteiger partial charge is 0.253 e. The molecule has 3 atom stereocenters. The van der Waals surface area contributed by atoms with Crippen LogP contribution in [0.1, 0.15) is 29.6 Å². The van der Waals surface area contributed by atoms with Crippen molar-refractivity contribution in [2.24, 2.45) is 5.92 Å². The van der Waals surface area contributed by atoms with Gasteiger partial charge in [-0.1, -0.05) is 11.6 Å². The Morgan fingerprint density at radius 2 is 2.15 bits per heavy atom. The Hall–Kier alpha value is -1.74. The molecule has 1 saturated carbocycles. The number of amides is 2. The second-order valence-corrected chi connectivity index (χ2v) is 6.55. The number of hydrogen-bond donors (Lipinski definition) is 4. The standard InChI is InChI=1S/C17H24ClN3O5/c18-13-10-19-4-3-12(13)17(25)21-14-2-1-11(9-15(14)23)16(24)20-5-7-26-8-6-22/h3-4,10-11,14-15,22-23H,1-2,5-9H2,(H,20,24)(H,21,25)/t11-,14-,15-/m0/s1. The Balaban J connectivity index is 1.78. The molecule has 4 N–H and O–H groups in total. The average molecular weight is 386 g/mol. The molecule has 26 heavy (non-hydrogen) atoms. The van der Waals surface area contributed by atoms with E-state index in [0.717, 1.165) is 0 Å². The molecule has 1 aromatic rings. The molecule has 9 heteroatoms. The summed E-state index contributed by atoms with van der Waals surface area (Å²) in [6.45, 7) is 0.862. The Bertz CT molecular complexity index is 616. The van der Waals surface area contributed by atoms with Crippen LogP contribution in [0.25, 0.3) is 0 Å². The number of nitrogens with one attached hydrogen (secondary N) is 2. The van der Waals surface area contributed by atoms with Crippen molar-refractivity contribution in [2.45, 2.75) is 31.4 Å². The lowest BCUT2D eigenvalue weighted by Crippen LogP contribution is -2.49. The first-order chi connectivity index (χ1) is 12.5. The van der Waals surface area contributed by atoms with Crippen LogP contribution in [0.5, 0.6) is 0 Å². The van der Waals surface area contributed by atoms with Crippen LogP contribution in [0.3, 0.4) is 0 Å². The van der Waals surface area contributed by atoms with Crippen LogP contribution in [-0.2, 0) is 9.53 Å². The molecule has 144 valence electrons. The molecule has 0 unspecified atom stereocenters. The molecule has 0 aromatic carbocycles. The van der Waals surface area contributed by atoms with Crippen LogP contribution in [0, 0.1) is 5.92 Å². The van der Waals surface area contributed by atoms with E-state index in [1.54, 1.807) is 0 Å². The van der Waals surface area contributed by atoms with E-state index in [4.69, 9.17) is 21.4 Å². The van der Waals surface area contributed by atoms with Gasteiger partial charge in [-0.3, -0.25) is 14.6 Å². The Labute approximate surface area is 156 Å². The second kappa shape index (κ2) is 10.4. The first kappa shape index (κ1) is 20.6. The maximum absolute atomic E-state index is 12.3. The van der Waals surface area contributed by atoms with E-state index in [-0.39, 0.29) is 42.4 Å². The highest BCUT2D eigenvalue weighted by molar-refractivity contribution is 6.33. The summed E-state index contributed by atoms with van der Waals surface area (Å²) in [6, 6.07) is 1.09. The van der Waals surface area contributed by atoms with Crippen LogP contribution in [0.2, 0.25) is 5.02 Å². The van der Waals surface area contributed by atoms with E-state index >= 15 is 0 Å². The number of aromatic nitrogens is 1. The fraction of sp³-hybridized carbons (Fsp3) is 0.588. The number of nitrogens with zero attached hydrogens (tertiary/aromatic N) is 1. The highest BCUT2D eigenvalue weighted by atomic mass is 35.5. The largest absolute Gasteiger partial charge is 0.394 e. The average Bonchev–Trinajstić information content (AvgIpc) is 2.63. The summed E-state index contributed by atoms with van der Waals surface area (Å²) in [6.07, 6.45) is 3.39. The third-order valence-corrected chi connectivity index (χ3v) is 4.60. The Kier molecular flexibility index (Phi) is 8.24. The number of carbonyl (C=O) groups excluding carboxylic acids is 2. The Morgan fingerprint density at radius 3 is 2.85 bits per heavy atom. The summed E-state index contributed by atoms with van der Waals surface area (Å²) in [4.78, 5) is 28.2. The van der Waals surface area contributed by atoms with Gasteiger partial charge in [-0.25, -0.2) is 0 Å². The van der Waals surface area contributed by atoms with Crippen LogP contribution in [-0.4, -0.2) is 65.5 Å². The zero-order valence-corrected chi connectivity index (χ0v) is 15.1. The number of carbonyl (C=O) groups is 2. The zero-order chi connectivity index (χ0) is 18.9. The van der Waals surface area contributed by atoms with Crippen molar-refractivity contribution in [1.29, 1.82) is 0 Å². The predicted octanol–water partition coefficient (Wildman–Crippen LogP) is 0.120. The minimum Gasteiger partial charge on any atom is -0.394 e. The molecule has 0 bridgehead atoms. The molecule has 0 saturated heterocycles. The summed E-state index contributed by atoms with van der Waals surface area (Å²) >= 11 is 5.96. The van der Waals surface area contributed by atoms with Gasteiger partial charge in [-0.05, 0) is 25.3 Å². The molecule has 2 rings (SSSR count). The number of pyridine rings is 1. The second-order valence-electron chi connectivity index (χ2n) is 6.14. The van der Waals surface area contributed by atoms with Crippen LogP contribution >= 0.6 is 11.6 Å². The molecule has 1 aliphatic carbocycles. The fourth-order valence-electron chi connectivity index (χ4n) is 2.92. The zero-order valence-electron chi connectivity index (χ0n) is 14.4. The minimum atomic E-state index is -0.810. The highest BCUT2D eigenvalue weighted by Crippen LogP contribution is 2.25. The quantitative estimate of drug-likeness (QED) is 0.472. The SMILES string of the molecule is O=C(N[C@H]1CC[C@H](C(=O)NCCOCCO)C[C@@H]1O)c1ccncc1Cl. The number of hydrogen-bond acceptors (Lipinski definition) is 6. The summed E-state index contributed by atoms with van der Waals surface area (Å²) in [5, 5.41) is 24.7. The van der Waals surface area contributed by atoms with Crippen molar-refractivity contribution in [2.75, 3.05) is 26.4 Å². The molecule has 8 nitrogen and oxygen atoms in total. The van der Waals surface area contributed by atoms with E-state index in [1.807, 2.05) is 0 Å². The highest BCUT2D eigenvalue weighted by Gasteiger charge is 2.33. The molecule has 1 aliphatic rings. The van der Waals surface area contributed by atoms with E-state index in [9.17, 15) is 14.7 Å². The maximum atomic E-state index is 12.3. The van der Waals surface area contributed by atoms with E-state index in [2.05, 4.69) is 15.6 Å². The van der Waals surface area contributed by atoms with Gasteiger partial charge in [0.2, 0.25) is 5.91 Å². The first-order valence-electron chi connectivity index (χ1n) is 8.57. The molecular weight excluding hydrogens is 362 g/mol. The third kappa shape index (κ3) is 5.91. The van der Waals surface area contributed by atoms with Gasteiger partial charge < -0.3 is 25.6 Å². The van der Waals surface area contributed by atoms with Crippen molar-refractivity contribution < 1.29 is 24.5 Å². The summed E-state index contributed by atoms with van der Waals surface area (Å²) in [5.41, 5.74) is 0.302. The first-order valence-corrected chi connectivity index (χ1v) is 8.95. The molecule has 1 fully saturated rings. The lowest BCUT2D eigenvalue weighted by Gasteiger charge is -2.33. The number of halogens is 1. The molecule has 1 aromatic heterocycles. The van der Waals surface area contributed by atoms with Crippen LogP contribution in [0.15, 0.2) is 18.5 Å². The number of ether oxygens (including phenoxy) is 1. The predicted molar refractivity (Wildman–Crippen MR) is 94.8 cm³/mol. The number of aliphatic hydroxyl groups is 2. The normalized spacial score (nSPS) is 22.7.